The monoisotopic (exact) mass is 176 g/mol. The van der Waals surface area contributed by atoms with Crippen molar-refractivity contribution in [2.24, 2.45) is 0 Å². The quantitative estimate of drug-likeness (QED) is 0.650. The van der Waals surface area contributed by atoms with Crippen LogP contribution in [0.4, 0.5) is 5.69 Å². The van der Waals surface area contributed by atoms with Crippen molar-refractivity contribution in [2.45, 2.75) is 19.8 Å². The molecule has 1 saturated heterocycles. The molecule has 1 aliphatic heterocycles. The molecule has 0 unspecified atom stereocenters. The van der Waals surface area contributed by atoms with Crippen LogP contribution in [0.15, 0.2) is 12.3 Å². The molecule has 1 aliphatic rings. The number of rotatable bonds is 1. The highest BCUT2D eigenvalue weighted by molar-refractivity contribution is 5.44. The Bertz CT molecular complexity index is 279. The van der Waals surface area contributed by atoms with E-state index in [4.69, 9.17) is 0 Å². The normalized spacial score (nSPS) is 17.5. The fourth-order valence-corrected chi connectivity index (χ4v) is 1.64. The van der Waals surface area contributed by atoms with Crippen molar-refractivity contribution in [1.82, 2.24) is 10.2 Å². The van der Waals surface area contributed by atoms with Crippen LogP contribution in [0.25, 0.3) is 0 Å². The maximum atomic E-state index is 3.96. The molecule has 3 nitrogen and oxygen atoms in total. The SMILES string of the molecule is Cc1cc(N2CC[CH]CC2)cnn1. The van der Waals surface area contributed by atoms with Gasteiger partial charge in [-0.25, -0.2) is 0 Å². The van der Waals surface area contributed by atoms with Crippen LogP contribution >= 0.6 is 0 Å². The zero-order valence-electron chi connectivity index (χ0n) is 7.90. The first-order chi connectivity index (χ1) is 6.36. The first-order valence-corrected chi connectivity index (χ1v) is 4.72. The number of anilines is 1. The average Bonchev–Trinajstić information content (AvgIpc) is 2.19. The van der Waals surface area contributed by atoms with Gasteiger partial charge in [-0.15, -0.1) is 0 Å². The molecule has 2 rings (SSSR count). The average molecular weight is 176 g/mol. The summed E-state index contributed by atoms with van der Waals surface area (Å²) in [7, 11) is 0. The molecule has 0 atom stereocenters. The first kappa shape index (κ1) is 8.48. The van der Waals surface area contributed by atoms with E-state index >= 15 is 0 Å². The van der Waals surface area contributed by atoms with Crippen LogP contribution in [0.5, 0.6) is 0 Å². The molecule has 1 aromatic rings. The van der Waals surface area contributed by atoms with Crippen molar-refractivity contribution < 1.29 is 0 Å². The lowest BCUT2D eigenvalue weighted by atomic mass is 10.1. The first-order valence-electron chi connectivity index (χ1n) is 4.72. The Morgan fingerprint density at radius 3 is 2.77 bits per heavy atom. The predicted molar refractivity (Wildman–Crippen MR) is 52.5 cm³/mol. The van der Waals surface area contributed by atoms with Gasteiger partial charge in [0, 0.05) is 13.1 Å². The van der Waals surface area contributed by atoms with E-state index in [9.17, 15) is 0 Å². The third kappa shape index (κ3) is 1.97. The largest absolute Gasteiger partial charge is 0.370 e. The molecule has 69 valence electrons. The Morgan fingerprint density at radius 2 is 2.08 bits per heavy atom. The fourth-order valence-electron chi connectivity index (χ4n) is 1.64. The topological polar surface area (TPSA) is 29.0 Å². The molecular weight excluding hydrogens is 162 g/mol. The molecule has 0 saturated carbocycles. The van der Waals surface area contributed by atoms with E-state index in [-0.39, 0.29) is 0 Å². The van der Waals surface area contributed by atoms with Gasteiger partial charge in [0.25, 0.3) is 0 Å². The molecule has 3 heteroatoms. The third-order valence-electron chi connectivity index (χ3n) is 2.33. The number of piperidine rings is 1. The molecule has 0 aliphatic carbocycles. The van der Waals surface area contributed by atoms with E-state index in [1.54, 1.807) is 0 Å². The van der Waals surface area contributed by atoms with Gasteiger partial charge in [0.2, 0.25) is 0 Å². The summed E-state index contributed by atoms with van der Waals surface area (Å²) in [5.41, 5.74) is 2.20. The summed E-state index contributed by atoms with van der Waals surface area (Å²) in [4.78, 5) is 2.36. The second-order valence-corrected chi connectivity index (χ2v) is 3.41. The highest BCUT2D eigenvalue weighted by Crippen LogP contribution is 2.17. The number of aryl methyl sites for hydroxylation is 1. The van der Waals surface area contributed by atoms with Crippen molar-refractivity contribution in [1.29, 1.82) is 0 Å². The lowest BCUT2D eigenvalue weighted by Crippen LogP contribution is -2.29. The summed E-state index contributed by atoms with van der Waals surface area (Å²) in [6.45, 7) is 4.21. The Hall–Kier alpha value is -1.12. The summed E-state index contributed by atoms with van der Waals surface area (Å²) >= 11 is 0. The smallest absolute Gasteiger partial charge is 0.0730 e. The predicted octanol–water partition coefficient (Wildman–Crippen LogP) is 1.59. The molecule has 1 radical (unpaired) electrons. The maximum absolute atomic E-state index is 3.96. The molecule has 0 N–H and O–H groups in total. The Morgan fingerprint density at radius 1 is 1.31 bits per heavy atom. The van der Waals surface area contributed by atoms with Crippen LogP contribution in [0, 0.1) is 13.3 Å². The minimum atomic E-state index is 0.993. The second-order valence-electron chi connectivity index (χ2n) is 3.41. The lowest BCUT2D eigenvalue weighted by molar-refractivity contribution is 0.676. The van der Waals surface area contributed by atoms with E-state index in [0.29, 0.717) is 0 Å². The number of hydrogen-bond acceptors (Lipinski definition) is 3. The number of aromatic nitrogens is 2. The minimum Gasteiger partial charge on any atom is -0.370 e. The molecule has 0 spiro atoms. The zero-order chi connectivity index (χ0) is 9.10. The Kier molecular flexibility index (Phi) is 2.43. The maximum Gasteiger partial charge on any atom is 0.0730 e. The van der Waals surface area contributed by atoms with E-state index in [2.05, 4.69) is 27.6 Å². The van der Waals surface area contributed by atoms with Gasteiger partial charge in [-0.1, -0.05) is 0 Å². The van der Waals surface area contributed by atoms with E-state index in [1.165, 1.54) is 18.5 Å². The van der Waals surface area contributed by atoms with Crippen LogP contribution in [-0.4, -0.2) is 23.3 Å². The summed E-state index contributed by atoms with van der Waals surface area (Å²) in [5, 5.41) is 7.91. The van der Waals surface area contributed by atoms with Gasteiger partial charge in [0.15, 0.2) is 0 Å². The molecule has 1 aromatic heterocycles. The fraction of sp³-hybridized carbons (Fsp3) is 0.500. The van der Waals surface area contributed by atoms with Crippen LogP contribution in [0.2, 0.25) is 0 Å². The number of hydrogen-bond donors (Lipinski definition) is 0. The number of nitrogens with zero attached hydrogens (tertiary/aromatic N) is 3. The van der Waals surface area contributed by atoms with E-state index < -0.39 is 0 Å². The highest BCUT2D eigenvalue weighted by atomic mass is 15.2. The zero-order valence-corrected chi connectivity index (χ0v) is 7.90. The van der Waals surface area contributed by atoms with Gasteiger partial charge in [-0.2, -0.15) is 10.2 Å². The van der Waals surface area contributed by atoms with Gasteiger partial charge in [-0.05, 0) is 32.3 Å². The summed E-state index contributed by atoms with van der Waals surface area (Å²) in [6.07, 6.45) is 6.55. The summed E-state index contributed by atoms with van der Waals surface area (Å²) in [5.74, 6) is 0. The van der Waals surface area contributed by atoms with Gasteiger partial charge in [-0.3, -0.25) is 0 Å². The van der Waals surface area contributed by atoms with Crippen LogP contribution in [-0.2, 0) is 0 Å². The van der Waals surface area contributed by atoms with E-state index in [1.807, 2.05) is 13.1 Å². The van der Waals surface area contributed by atoms with E-state index in [0.717, 1.165) is 18.8 Å². The minimum absolute atomic E-state index is 0.993. The summed E-state index contributed by atoms with van der Waals surface area (Å²) in [6, 6.07) is 2.10. The Labute approximate surface area is 78.8 Å². The van der Waals surface area contributed by atoms with Crippen molar-refractivity contribution in [3.63, 3.8) is 0 Å². The molecule has 0 amide bonds. The molecule has 2 heterocycles. The van der Waals surface area contributed by atoms with Crippen molar-refractivity contribution in [3.8, 4) is 0 Å². The van der Waals surface area contributed by atoms with Gasteiger partial charge in [0.1, 0.15) is 0 Å². The highest BCUT2D eigenvalue weighted by Gasteiger charge is 2.10. The Balaban J connectivity index is 2.14. The van der Waals surface area contributed by atoms with Crippen LogP contribution in [0.3, 0.4) is 0 Å². The molecule has 13 heavy (non-hydrogen) atoms. The van der Waals surface area contributed by atoms with Gasteiger partial charge in [0.05, 0.1) is 17.6 Å². The van der Waals surface area contributed by atoms with Gasteiger partial charge < -0.3 is 4.90 Å². The van der Waals surface area contributed by atoms with Crippen LogP contribution in [0.1, 0.15) is 18.5 Å². The van der Waals surface area contributed by atoms with Crippen molar-refractivity contribution in [3.05, 3.63) is 24.4 Å². The standard InChI is InChI=1S/C10H14N3/c1-9-7-10(8-11-12-9)13-5-3-2-4-6-13/h2,7-8H,3-6H2,1H3. The van der Waals surface area contributed by atoms with Crippen molar-refractivity contribution >= 4 is 5.69 Å². The summed E-state index contributed by atoms with van der Waals surface area (Å²) < 4.78 is 0. The third-order valence-corrected chi connectivity index (χ3v) is 2.33. The lowest BCUT2D eigenvalue weighted by Gasteiger charge is -2.28. The molecular formula is C10H14N3. The molecule has 0 bridgehead atoms. The van der Waals surface area contributed by atoms with Crippen molar-refractivity contribution in [2.75, 3.05) is 18.0 Å². The van der Waals surface area contributed by atoms with Crippen LogP contribution < -0.4 is 4.90 Å². The molecule has 0 aromatic carbocycles. The second kappa shape index (κ2) is 3.73. The molecule has 1 fully saturated rings. The van der Waals surface area contributed by atoms with Gasteiger partial charge >= 0.3 is 0 Å².